The van der Waals surface area contributed by atoms with Gasteiger partial charge in [-0.25, -0.2) is 0 Å². The van der Waals surface area contributed by atoms with Gasteiger partial charge in [0.15, 0.2) is 0 Å². The molecule has 3 rings (SSSR count). The number of halogens is 3. The Kier molecular flexibility index (Phi) is 5.28. The number of anilines is 1. The third-order valence-electron chi connectivity index (χ3n) is 4.14. The van der Waals surface area contributed by atoms with Gasteiger partial charge in [-0.05, 0) is 30.3 Å². The van der Waals surface area contributed by atoms with Gasteiger partial charge in [-0.15, -0.1) is 0 Å². The molecule has 0 amide bonds. The fraction of sp³-hybridized carbons (Fsp3) is 0.333. The molecule has 1 aromatic heterocycles. The lowest BCUT2D eigenvalue weighted by Crippen LogP contribution is -2.53. The summed E-state index contributed by atoms with van der Waals surface area (Å²) in [6, 6.07) is 8.96. The number of hydrogen-bond donors (Lipinski definition) is 1. The van der Waals surface area contributed by atoms with Crippen LogP contribution in [0.15, 0.2) is 42.7 Å². The van der Waals surface area contributed by atoms with Crippen molar-refractivity contribution in [3.63, 3.8) is 0 Å². The molecule has 1 fully saturated rings. The second-order valence-corrected chi connectivity index (χ2v) is 5.94. The Labute approximate surface area is 149 Å². The molecule has 8 heteroatoms. The molecule has 1 aliphatic heterocycles. The van der Waals surface area contributed by atoms with Gasteiger partial charge in [0, 0.05) is 31.5 Å². The molecular weight excluding hydrogens is 345 g/mol. The van der Waals surface area contributed by atoms with Gasteiger partial charge in [0.05, 0.1) is 29.4 Å². The number of hydrogen-bond acceptors (Lipinski definition) is 5. The van der Waals surface area contributed by atoms with E-state index in [4.69, 9.17) is 10.00 Å². The van der Waals surface area contributed by atoms with E-state index in [1.807, 2.05) is 4.90 Å². The zero-order valence-electron chi connectivity index (χ0n) is 13.8. The first-order valence-corrected chi connectivity index (χ1v) is 8.10. The number of alkyl halides is 3. The third kappa shape index (κ3) is 4.24. The Morgan fingerprint density at radius 1 is 1.35 bits per heavy atom. The second-order valence-electron chi connectivity index (χ2n) is 5.94. The molecule has 1 atom stereocenters. The number of pyridine rings is 1. The predicted octanol–water partition coefficient (Wildman–Crippen LogP) is 2.83. The van der Waals surface area contributed by atoms with Crippen LogP contribution < -0.4 is 15.0 Å². The van der Waals surface area contributed by atoms with Gasteiger partial charge < -0.3 is 15.0 Å². The molecule has 0 radical (unpaired) electrons. The lowest BCUT2D eigenvalue weighted by molar-refractivity contribution is -0.137. The minimum absolute atomic E-state index is 0.0334. The normalized spacial score (nSPS) is 17.6. The summed E-state index contributed by atoms with van der Waals surface area (Å²) in [6.07, 6.45) is -1.30. The van der Waals surface area contributed by atoms with Crippen molar-refractivity contribution in [1.29, 1.82) is 5.26 Å². The van der Waals surface area contributed by atoms with Gasteiger partial charge in [-0.2, -0.15) is 18.4 Å². The third-order valence-corrected chi connectivity index (χ3v) is 4.14. The number of aromatic nitrogens is 1. The van der Waals surface area contributed by atoms with E-state index in [9.17, 15) is 13.2 Å². The highest BCUT2D eigenvalue weighted by atomic mass is 19.4. The number of nitrogens with one attached hydrogen (secondary N) is 1. The van der Waals surface area contributed by atoms with Crippen LogP contribution in [0.4, 0.5) is 18.9 Å². The van der Waals surface area contributed by atoms with Crippen molar-refractivity contribution < 1.29 is 17.9 Å². The molecule has 0 spiro atoms. The van der Waals surface area contributed by atoms with Crippen LogP contribution in [0.25, 0.3) is 0 Å². The zero-order chi connectivity index (χ0) is 18.6. The Balaban J connectivity index is 1.70. The lowest BCUT2D eigenvalue weighted by Gasteiger charge is -2.35. The summed E-state index contributed by atoms with van der Waals surface area (Å²) in [4.78, 5) is 5.84. The second kappa shape index (κ2) is 7.62. The van der Waals surface area contributed by atoms with Gasteiger partial charge in [0.2, 0.25) is 0 Å². The maximum Gasteiger partial charge on any atom is 0.417 e. The summed E-state index contributed by atoms with van der Waals surface area (Å²) in [7, 11) is 0. The summed E-state index contributed by atoms with van der Waals surface area (Å²) in [6.45, 7) is 2.09. The monoisotopic (exact) mass is 362 g/mol. The Morgan fingerprint density at radius 2 is 2.19 bits per heavy atom. The molecule has 0 aliphatic carbocycles. The van der Waals surface area contributed by atoms with E-state index in [2.05, 4.69) is 10.3 Å². The van der Waals surface area contributed by atoms with Crippen LogP contribution in [0.3, 0.4) is 0 Å². The SMILES string of the molecule is N#Cc1ccc(N2CCNC(COc3cccnc3)C2)cc1C(F)(F)F. The van der Waals surface area contributed by atoms with E-state index in [0.29, 0.717) is 37.7 Å². The highest BCUT2D eigenvalue weighted by Gasteiger charge is 2.34. The van der Waals surface area contributed by atoms with Crippen molar-refractivity contribution >= 4 is 5.69 Å². The highest BCUT2D eigenvalue weighted by molar-refractivity contribution is 5.55. The quantitative estimate of drug-likeness (QED) is 0.906. The molecular formula is C18H17F3N4O. The Morgan fingerprint density at radius 3 is 2.88 bits per heavy atom. The zero-order valence-corrected chi connectivity index (χ0v) is 13.8. The first-order valence-electron chi connectivity index (χ1n) is 8.10. The van der Waals surface area contributed by atoms with Gasteiger partial charge in [0.1, 0.15) is 12.4 Å². The van der Waals surface area contributed by atoms with Crippen LogP contribution >= 0.6 is 0 Å². The molecule has 1 aliphatic rings. The summed E-state index contributed by atoms with van der Waals surface area (Å²) < 4.78 is 45.1. The number of ether oxygens (including phenoxy) is 1. The first-order chi connectivity index (χ1) is 12.5. The van der Waals surface area contributed by atoms with Crippen LogP contribution in [0.5, 0.6) is 5.75 Å². The summed E-state index contributed by atoms with van der Waals surface area (Å²) in [5, 5.41) is 12.2. The van der Waals surface area contributed by atoms with Gasteiger partial charge in [-0.3, -0.25) is 4.98 Å². The number of piperazine rings is 1. The first kappa shape index (κ1) is 18.0. The molecule has 5 nitrogen and oxygen atoms in total. The molecule has 1 N–H and O–H groups in total. The van der Waals surface area contributed by atoms with E-state index in [1.165, 1.54) is 6.07 Å². The minimum atomic E-state index is -4.56. The van der Waals surface area contributed by atoms with Crippen molar-refractivity contribution in [2.75, 3.05) is 31.1 Å². The molecule has 2 aromatic rings. The predicted molar refractivity (Wildman–Crippen MR) is 89.9 cm³/mol. The van der Waals surface area contributed by atoms with E-state index in [-0.39, 0.29) is 11.6 Å². The van der Waals surface area contributed by atoms with Gasteiger partial charge in [-0.1, -0.05) is 0 Å². The maximum absolute atomic E-state index is 13.2. The van der Waals surface area contributed by atoms with E-state index < -0.39 is 11.7 Å². The van der Waals surface area contributed by atoms with Crippen LogP contribution in [-0.4, -0.2) is 37.3 Å². The molecule has 0 bridgehead atoms. The molecule has 1 saturated heterocycles. The fourth-order valence-corrected chi connectivity index (χ4v) is 2.86. The maximum atomic E-state index is 13.2. The fourth-order valence-electron chi connectivity index (χ4n) is 2.86. The topological polar surface area (TPSA) is 61.2 Å². The van der Waals surface area contributed by atoms with Crippen molar-refractivity contribution in [3.8, 4) is 11.8 Å². The number of rotatable bonds is 4. The van der Waals surface area contributed by atoms with E-state index >= 15 is 0 Å². The molecule has 1 unspecified atom stereocenters. The smallest absolute Gasteiger partial charge is 0.417 e. The van der Waals surface area contributed by atoms with Crippen molar-refractivity contribution in [2.24, 2.45) is 0 Å². The summed E-state index contributed by atoms with van der Waals surface area (Å²) in [5.41, 5.74) is -0.823. The van der Waals surface area contributed by atoms with Crippen LogP contribution in [0.1, 0.15) is 11.1 Å². The number of nitriles is 1. The van der Waals surface area contributed by atoms with Crippen molar-refractivity contribution in [1.82, 2.24) is 10.3 Å². The summed E-state index contributed by atoms with van der Waals surface area (Å²) in [5.74, 6) is 0.643. The van der Waals surface area contributed by atoms with Crippen LogP contribution in [-0.2, 0) is 6.18 Å². The Bertz CT molecular complexity index is 789. The van der Waals surface area contributed by atoms with Gasteiger partial charge in [0.25, 0.3) is 0 Å². The largest absolute Gasteiger partial charge is 0.490 e. The molecule has 0 saturated carbocycles. The molecule has 136 valence electrons. The average Bonchev–Trinajstić information content (AvgIpc) is 2.66. The van der Waals surface area contributed by atoms with E-state index in [1.54, 1.807) is 36.7 Å². The molecule has 26 heavy (non-hydrogen) atoms. The highest BCUT2D eigenvalue weighted by Crippen LogP contribution is 2.34. The Hall–Kier alpha value is -2.79. The van der Waals surface area contributed by atoms with Crippen LogP contribution in [0, 0.1) is 11.3 Å². The standard InChI is InChI=1S/C18H17F3N4O/c19-18(20,21)17-8-15(4-3-13(17)9-22)25-7-6-24-14(11-25)12-26-16-2-1-5-23-10-16/h1-5,8,10,14,24H,6-7,11-12H2. The molecule has 2 heterocycles. The van der Waals surface area contributed by atoms with E-state index in [0.717, 1.165) is 6.07 Å². The molecule has 1 aromatic carbocycles. The average molecular weight is 362 g/mol. The number of benzene rings is 1. The number of nitrogens with zero attached hydrogens (tertiary/aromatic N) is 3. The van der Waals surface area contributed by atoms with Crippen molar-refractivity contribution in [3.05, 3.63) is 53.9 Å². The summed E-state index contributed by atoms with van der Waals surface area (Å²) >= 11 is 0. The van der Waals surface area contributed by atoms with Gasteiger partial charge >= 0.3 is 6.18 Å². The minimum Gasteiger partial charge on any atom is -0.490 e. The lowest BCUT2D eigenvalue weighted by atomic mass is 10.1. The van der Waals surface area contributed by atoms with Crippen molar-refractivity contribution in [2.45, 2.75) is 12.2 Å². The van der Waals surface area contributed by atoms with Crippen LogP contribution in [0.2, 0.25) is 0 Å².